The van der Waals surface area contributed by atoms with E-state index >= 15 is 0 Å². The number of amides is 1. The van der Waals surface area contributed by atoms with Gasteiger partial charge in [0.15, 0.2) is 0 Å². The summed E-state index contributed by atoms with van der Waals surface area (Å²) in [6, 6.07) is 5.03. The molecular weight excluding hydrogens is 312 g/mol. The first kappa shape index (κ1) is 17.9. The molecule has 1 unspecified atom stereocenters. The Morgan fingerprint density at radius 1 is 1.30 bits per heavy atom. The zero-order chi connectivity index (χ0) is 17.0. The normalized spacial score (nSPS) is 18.9. The van der Waals surface area contributed by atoms with Gasteiger partial charge >= 0.3 is 0 Å². The van der Waals surface area contributed by atoms with Crippen LogP contribution in [0.5, 0.6) is 0 Å². The van der Waals surface area contributed by atoms with Crippen molar-refractivity contribution in [3.63, 3.8) is 0 Å². The van der Waals surface area contributed by atoms with Gasteiger partial charge in [-0.2, -0.15) is 0 Å². The lowest BCUT2D eigenvalue weighted by molar-refractivity contribution is 0.0607. The fourth-order valence-electron chi connectivity index (χ4n) is 3.12. The van der Waals surface area contributed by atoms with Crippen LogP contribution in [0.25, 0.3) is 0 Å². The van der Waals surface area contributed by atoms with Gasteiger partial charge in [-0.1, -0.05) is 19.9 Å². The monoisotopic (exact) mass is 338 g/mol. The lowest BCUT2D eigenvalue weighted by Crippen LogP contribution is -2.43. The lowest BCUT2D eigenvalue weighted by Gasteiger charge is -2.35. The van der Waals surface area contributed by atoms with Gasteiger partial charge in [-0.05, 0) is 50.3 Å². The average molecular weight is 338 g/mol. The average Bonchev–Trinajstić information content (AvgIpc) is 2.54. The summed E-state index contributed by atoms with van der Waals surface area (Å²) in [5.41, 5.74) is 1.30. The molecule has 2 rings (SSSR count). The van der Waals surface area contributed by atoms with Crippen molar-refractivity contribution in [1.29, 1.82) is 0 Å². The highest BCUT2D eigenvalue weighted by Crippen LogP contribution is 2.24. The second-order valence-corrected chi connectivity index (χ2v) is 7.80. The third-order valence-electron chi connectivity index (χ3n) is 4.44. The van der Waals surface area contributed by atoms with Gasteiger partial charge < -0.3 is 4.90 Å². The highest BCUT2D eigenvalue weighted by Gasteiger charge is 2.28. The molecule has 0 aliphatic carbocycles. The summed E-state index contributed by atoms with van der Waals surface area (Å²) in [5, 5.41) is 0. The number of nitrogens with one attached hydrogen (secondary N) is 1. The molecule has 1 saturated heterocycles. The topological polar surface area (TPSA) is 66.5 Å². The molecule has 6 heteroatoms. The number of carbonyl (C=O) groups is 1. The Kier molecular flexibility index (Phi) is 5.81. The smallest absolute Gasteiger partial charge is 0.254 e. The van der Waals surface area contributed by atoms with Crippen molar-refractivity contribution in [3.05, 3.63) is 29.3 Å². The summed E-state index contributed by atoms with van der Waals surface area (Å²) in [7, 11) is -3.55. The molecule has 1 atom stereocenters. The molecule has 0 saturated carbocycles. The molecule has 1 aromatic rings. The van der Waals surface area contributed by atoms with Crippen LogP contribution in [0.3, 0.4) is 0 Å². The summed E-state index contributed by atoms with van der Waals surface area (Å²) in [6.07, 6.45) is 4.11. The number of rotatable bonds is 5. The van der Waals surface area contributed by atoms with E-state index in [2.05, 4.69) is 11.6 Å². The number of nitrogens with zero attached hydrogens (tertiary/aromatic N) is 1. The zero-order valence-corrected chi connectivity index (χ0v) is 14.9. The van der Waals surface area contributed by atoms with E-state index in [0.717, 1.165) is 37.8 Å². The maximum atomic E-state index is 12.9. The molecule has 5 nitrogen and oxygen atoms in total. The number of carbonyl (C=O) groups excluding carboxylic acids is 1. The summed E-state index contributed by atoms with van der Waals surface area (Å²) in [4.78, 5) is 15.0. The second kappa shape index (κ2) is 7.45. The highest BCUT2D eigenvalue weighted by molar-refractivity contribution is 7.89. The van der Waals surface area contributed by atoms with Gasteiger partial charge in [0.2, 0.25) is 10.0 Å². The molecule has 1 aromatic carbocycles. The molecular formula is C17H26N2O3S. The Morgan fingerprint density at radius 3 is 2.70 bits per heavy atom. The minimum absolute atomic E-state index is 0.0531. The fraction of sp³-hybridized carbons (Fsp3) is 0.588. The van der Waals surface area contributed by atoms with Crippen molar-refractivity contribution in [2.24, 2.45) is 0 Å². The van der Waals surface area contributed by atoms with E-state index in [1.165, 1.54) is 6.07 Å². The molecule has 1 amide bonds. The van der Waals surface area contributed by atoms with Crippen molar-refractivity contribution in [3.8, 4) is 0 Å². The number of benzene rings is 1. The minimum Gasteiger partial charge on any atom is -0.336 e. The van der Waals surface area contributed by atoms with Crippen molar-refractivity contribution < 1.29 is 13.2 Å². The van der Waals surface area contributed by atoms with Crippen LogP contribution in [-0.2, 0) is 10.0 Å². The van der Waals surface area contributed by atoms with Crippen LogP contribution >= 0.6 is 0 Å². The molecule has 1 aliphatic rings. The summed E-state index contributed by atoms with van der Waals surface area (Å²) in [5.74, 6) is -0.0531. The van der Waals surface area contributed by atoms with Gasteiger partial charge in [0, 0.05) is 24.7 Å². The molecule has 23 heavy (non-hydrogen) atoms. The predicted molar refractivity (Wildman–Crippen MR) is 91.0 cm³/mol. The molecule has 1 N–H and O–H groups in total. The molecule has 1 fully saturated rings. The molecule has 0 radical (unpaired) electrons. The Labute approximate surface area is 139 Å². The van der Waals surface area contributed by atoms with E-state index in [1.54, 1.807) is 19.1 Å². The fourth-order valence-corrected chi connectivity index (χ4v) is 4.19. The Morgan fingerprint density at radius 2 is 2.04 bits per heavy atom. The summed E-state index contributed by atoms with van der Waals surface area (Å²) < 4.78 is 26.8. The first-order chi connectivity index (χ1) is 10.9. The van der Waals surface area contributed by atoms with Gasteiger partial charge in [0.05, 0.1) is 4.90 Å². The van der Waals surface area contributed by atoms with E-state index in [-0.39, 0.29) is 16.8 Å². The molecule has 1 aliphatic heterocycles. The standard InChI is InChI=1S/C17H26N2O3S/c1-4-14-8-6-7-11-19(14)17(20)16-12-15(10-9-13(16)3)23(21,22)18-5-2/h9-10,12,14,18H,4-8,11H2,1-3H3. The number of aryl methyl sites for hydroxylation is 1. The molecule has 1 heterocycles. The number of hydrogen-bond donors (Lipinski definition) is 1. The van der Waals surface area contributed by atoms with Crippen molar-refractivity contribution >= 4 is 15.9 Å². The quantitative estimate of drug-likeness (QED) is 0.897. The zero-order valence-electron chi connectivity index (χ0n) is 14.1. The number of sulfonamides is 1. The Balaban J connectivity index is 2.36. The number of hydrogen-bond acceptors (Lipinski definition) is 3. The van der Waals surface area contributed by atoms with Gasteiger partial charge in [-0.3, -0.25) is 4.79 Å². The maximum Gasteiger partial charge on any atom is 0.254 e. The first-order valence-electron chi connectivity index (χ1n) is 8.32. The molecule has 0 bridgehead atoms. The largest absolute Gasteiger partial charge is 0.336 e. The van der Waals surface area contributed by atoms with E-state index in [1.807, 2.05) is 11.8 Å². The van der Waals surface area contributed by atoms with E-state index in [9.17, 15) is 13.2 Å². The number of piperidine rings is 1. The highest BCUT2D eigenvalue weighted by atomic mass is 32.2. The van der Waals surface area contributed by atoms with E-state index in [4.69, 9.17) is 0 Å². The Bertz CT molecular complexity index is 670. The molecule has 0 aromatic heterocycles. The van der Waals surface area contributed by atoms with Crippen LogP contribution in [-0.4, -0.2) is 38.4 Å². The summed E-state index contributed by atoms with van der Waals surface area (Å²) in [6.45, 7) is 6.75. The van der Waals surface area contributed by atoms with Gasteiger partial charge in [0.25, 0.3) is 5.91 Å². The van der Waals surface area contributed by atoms with E-state index in [0.29, 0.717) is 12.1 Å². The Hall–Kier alpha value is -1.40. The SMILES string of the molecule is CCNS(=O)(=O)c1ccc(C)c(C(=O)N2CCCCC2CC)c1. The van der Waals surface area contributed by atoms with Crippen LogP contribution in [0.15, 0.2) is 23.1 Å². The van der Waals surface area contributed by atoms with Crippen LogP contribution in [0.1, 0.15) is 55.5 Å². The maximum absolute atomic E-state index is 12.9. The second-order valence-electron chi connectivity index (χ2n) is 6.03. The van der Waals surface area contributed by atoms with Crippen molar-refractivity contribution in [2.45, 2.75) is 57.4 Å². The summed E-state index contributed by atoms with van der Waals surface area (Å²) >= 11 is 0. The number of likely N-dealkylation sites (tertiary alicyclic amines) is 1. The van der Waals surface area contributed by atoms with Crippen molar-refractivity contribution in [1.82, 2.24) is 9.62 Å². The molecule has 128 valence electrons. The lowest BCUT2D eigenvalue weighted by atomic mass is 9.98. The van der Waals surface area contributed by atoms with Crippen LogP contribution in [0, 0.1) is 6.92 Å². The van der Waals surface area contributed by atoms with Crippen LogP contribution < -0.4 is 4.72 Å². The van der Waals surface area contributed by atoms with Crippen LogP contribution in [0.4, 0.5) is 0 Å². The third kappa shape index (κ3) is 3.93. The minimum atomic E-state index is -3.55. The van der Waals surface area contributed by atoms with Crippen LogP contribution in [0.2, 0.25) is 0 Å². The molecule has 0 spiro atoms. The van der Waals surface area contributed by atoms with Gasteiger partial charge in [-0.25, -0.2) is 13.1 Å². The van der Waals surface area contributed by atoms with Crippen molar-refractivity contribution in [2.75, 3.05) is 13.1 Å². The van der Waals surface area contributed by atoms with E-state index < -0.39 is 10.0 Å². The van der Waals surface area contributed by atoms with Gasteiger partial charge in [-0.15, -0.1) is 0 Å². The van der Waals surface area contributed by atoms with Gasteiger partial charge in [0.1, 0.15) is 0 Å². The third-order valence-corrected chi connectivity index (χ3v) is 5.99. The predicted octanol–water partition coefficient (Wildman–Crippen LogP) is 2.70. The first-order valence-corrected chi connectivity index (χ1v) is 9.80.